The maximum absolute atomic E-state index is 10.8. The summed E-state index contributed by atoms with van der Waals surface area (Å²) in [6.45, 7) is 16.3. The third-order valence-corrected chi connectivity index (χ3v) is 4.23. The Labute approximate surface area is 156 Å². The molecule has 0 heterocycles. The number of hydrogen-bond acceptors (Lipinski definition) is 2. The Bertz CT molecular complexity index is 599. The predicted octanol–water partition coefficient (Wildman–Crippen LogP) is 5.37. The second kappa shape index (κ2) is 9.81. The SMILES string of the molecule is CC(C)(C)c1cc(CCC(=O)O)cc(C(C)(C)C)c1O.CC=S=CC. The van der Waals surface area contributed by atoms with E-state index >= 15 is 0 Å². The van der Waals surface area contributed by atoms with Gasteiger partial charge in [0.25, 0.3) is 0 Å². The topological polar surface area (TPSA) is 57.5 Å². The minimum atomic E-state index is -0.798. The Hall–Kier alpha value is -1.55. The smallest absolute Gasteiger partial charge is 0.303 e. The first kappa shape index (κ1) is 23.4. The average Bonchev–Trinajstić information content (AvgIpc) is 2.45. The Morgan fingerprint density at radius 1 is 1.00 bits per heavy atom. The predicted molar refractivity (Wildman–Crippen MR) is 113 cm³/mol. The molecule has 0 aliphatic rings. The fourth-order valence-corrected chi connectivity index (χ4v) is 2.64. The summed E-state index contributed by atoms with van der Waals surface area (Å²) in [6, 6.07) is 3.88. The average molecular weight is 367 g/mol. The van der Waals surface area contributed by atoms with E-state index in [1.165, 1.54) is 0 Å². The van der Waals surface area contributed by atoms with Crippen LogP contribution in [0.1, 0.15) is 78.5 Å². The van der Waals surface area contributed by atoms with E-state index in [0.717, 1.165) is 16.7 Å². The van der Waals surface area contributed by atoms with Gasteiger partial charge in [-0.05, 0) is 58.5 Å². The largest absolute Gasteiger partial charge is 0.507 e. The minimum Gasteiger partial charge on any atom is -0.507 e. The van der Waals surface area contributed by atoms with E-state index < -0.39 is 5.97 Å². The molecule has 1 aromatic carbocycles. The highest BCUT2D eigenvalue weighted by atomic mass is 32.1. The Balaban J connectivity index is 0.00000101. The number of rotatable bonds is 3. The molecule has 142 valence electrons. The van der Waals surface area contributed by atoms with Gasteiger partial charge in [-0.25, -0.2) is 0 Å². The monoisotopic (exact) mass is 366 g/mol. The molecule has 0 bridgehead atoms. The second-order valence-electron chi connectivity index (χ2n) is 8.04. The standard InChI is InChI=1S/C17H26O3.C4H8S/c1-16(2,3)12-9-11(7-8-14(18)19)10-13(15(12)20)17(4,5)6;1-3-5-4-2/h9-10,20H,7-8H2,1-6H3,(H,18,19);3-4H,1-2H3. The maximum atomic E-state index is 10.8. The van der Waals surface area contributed by atoms with Crippen LogP contribution in [-0.4, -0.2) is 26.9 Å². The van der Waals surface area contributed by atoms with E-state index in [2.05, 4.69) is 41.5 Å². The molecule has 0 aliphatic heterocycles. The zero-order valence-electron chi connectivity index (χ0n) is 16.9. The van der Waals surface area contributed by atoms with Crippen molar-refractivity contribution in [3.05, 3.63) is 28.8 Å². The number of carboxylic acid groups (broad SMARTS) is 1. The summed E-state index contributed by atoms with van der Waals surface area (Å²) in [4.78, 5) is 10.8. The fraction of sp³-hybridized carbons (Fsp3) is 0.571. The summed E-state index contributed by atoms with van der Waals surface area (Å²) in [7, 11) is 1.71. The minimum absolute atomic E-state index is 0.109. The summed E-state index contributed by atoms with van der Waals surface area (Å²) in [5, 5.41) is 23.5. The van der Waals surface area contributed by atoms with Gasteiger partial charge in [-0.3, -0.25) is 4.79 Å². The molecular formula is C21H34O3S. The molecule has 0 saturated carbocycles. The third kappa shape index (κ3) is 8.39. The molecule has 4 heteroatoms. The fourth-order valence-electron chi connectivity index (χ4n) is 2.37. The van der Waals surface area contributed by atoms with E-state index in [1.54, 1.807) is 10.9 Å². The molecule has 2 N–H and O–H groups in total. The molecule has 3 nitrogen and oxygen atoms in total. The Morgan fingerprint density at radius 2 is 1.40 bits per heavy atom. The summed E-state index contributed by atoms with van der Waals surface area (Å²) < 4.78 is 0. The number of hydrogen-bond donors (Lipinski definition) is 2. The van der Waals surface area contributed by atoms with E-state index in [4.69, 9.17) is 5.11 Å². The molecule has 0 radical (unpaired) electrons. The molecule has 0 aliphatic carbocycles. The third-order valence-electron chi connectivity index (χ3n) is 3.69. The Morgan fingerprint density at radius 3 is 1.64 bits per heavy atom. The van der Waals surface area contributed by atoms with Crippen LogP contribution >= 0.6 is 10.9 Å². The maximum Gasteiger partial charge on any atom is 0.303 e. The van der Waals surface area contributed by atoms with Crippen LogP contribution in [0.3, 0.4) is 0 Å². The highest BCUT2D eigenvalue weighted by molar-refractivity contribution is 7.95. The highest BCUT2D eigenvalue weighted by Crippen LogP contribution is 2.39. The van der Waals surface area contributed by atoms with Crippen molar-refractivity contribution in [3.8, 4) is 5.75 Å². The van der Waals surface area contributed by atoms with Crippen molar-refractivity contribution in [2.75, 3.05) is 0 Å². The zero-order chi connectivity index (χ0) is 19.8. The lowest BCUT2D eigenvalue weighted by Crippen LogP contribution is -2.18. The quantitative estimate of drug-likeness (QED) is 0.707. The second-order valence-corrected chi connectivity index (χ2v) is 9.26. The number of carbonyl (C=O) groups is 1. The lowest BCUT2D eigenvalue weighted by molar-refractivity contribution is -0.136. The molecular weight excluding hydrogens is 332 g/mol. The lowest BCUT2D eigenvalue weighted by atomic mass is 9.78. The van der Waals surface area contributed by atoms with Crippen molar-refractivity contribution >= 4 is 27.6 Å². The number of phenols is 1. The van der Waals surface area contributed by atoms with Crippen molar-refractivity contribution < 1.29 is 15.0 Å². The summed E-state index contributed by atoms with van der Waals surface area (Å²) in [5.74, 6) is -0.461. The Kier molecular flexibility index (Phi) is 9.20. The molecule has 0 spiro atoms. The molecule has 25 heavy (non-hydrogen) atoms. The van der Waals surface area contributed by atoms with Crippen LogP contribution in [0.2, 0.25) is 0 Å². The van der Waals surface area contributed by atoms with Gasteiger partial charge in [-0.2, -0.15) is 10.9 Å². The van der Waals surface area contributed by atoms with Crippen LogP contribution in [0.4, 0.5) is 0 Å². The number of benzene rings is 1. The number of aryl methyl sites for hydroxylation is 1. The van der Waals surface area contributed by atoms with Crippen LogP contribution in [-0.2, 0) is 22.0 Å². The lowest BCUT2D eigenvalue weighted by Gasteiger charge is -2.28. The number of aliphatic carboxylic acids is 1. The van der Waals surface area contributed by atoms with Crippen molar-refractivity contribution in [2.24, 2.45) is 0 Å². The molecule has 0 atom stereocenters. The van der Waals surface area contributed by atoms with E-state index in [9.17, 15) is 9.90 Å². The number of carboxylic acids is 1. The van der Waals surface area contributed by atoms with Gasteiger partial charge in [-0.1, -0.05) is 53.7 Å². The van der Waals surface area contributed by atoms with Gasteiger partial charge in [0.15, 0.2) is 0 Å². The van der Waals surface area contributed by atoms with Crippen molar-refractivity contribution in [1.29, 1.82) is 0 Å². The molecule has 1 rings (SSSR count). The van der Waals surface area contributed by atoms with Crippen molar-refractivity contribution in [3.63, 3.8) is 0 Å². The summed E-state index contributed by atoms with van der Waals surface area (Å²) in [6.07, 6.45) is 0.597. The normalized spacial score (nSPS) is 11.2. The van der Waals surface area contributed by atoms with E-state index in [0.29, 0.717) is 12.2 Å². The first-order chi connectivity index (χ1) is 11.3. The zero-order valence-corrected chi connectivity index (χ0v) is 17.8. The number of aromatic hydroxyl groups is 1. The molecule has 0 fully saturated rings. The summed E-state index contributed by atoms with van der Waals surface area (Å²) >= 11 is 0. The van der Waals surface area contributed by atoms with Crippen LogP contribution < -0.4 is 0 Å². The highest BCUT2D eigenvalue weighted by Gasteiger charge is 2.26. The van der Waals surface area contributed by atoms with Crippen LogP contribution in [0, 0.1) is 0 Å². The van der Waals surface area contributed by atoms with Crippen molar-refractivity contribution in [2.45, 2.75) is 79.1 Å². The molecule has 0 amide bonds. The van der Waals surface area contributed by atoms with Crippen molar-refractivity contribution in [1.82, 2.24) is 0 Å². The van der Waals surface area contributed by atoms with Crippen LogP contribution in [0.25, 0.3) is 0 Å². The van der Waals surface area contributed by atoms with Gasteiger partial charge in [-0.15, -0.1) is 0 Å². The van der Waals surface area contributed by atoms with E-state index in [1.807, 2.05) is 36.7 Å². The molecule has 0 unspecified atom stereocenters. The summed E-state index contributed by atoms with van der Waals surface area (Å²) in [5.41, 5.74) is 2.38. The van der Waals surface area contributed by atoms with Gasteiger partial charge in [0.05, 0.1) is 0 Å². The molecule has 0 aromatic heterocycles. The van der Waals surface area contributed by atoms with Gasteiger partial charge in [0.2, 0.25) is 0 Å². The van der Waals surface area contributed by atoms with E-state index in [-0.39, 0.29) is 17.3 Å². The molecule has 1 aromatic rings. The number of phenolic OH excluding ortho intramolecular Hbond substituents is 1. The van der Waals surface area contributed by atoms with Gasteiger partial charge in [0, 0.05) is 6.42 Å². The van der Waals surface area contributed by atoms with Gasteiger partial charge < -0.3 is 10.2 Å². The first-order valence-corrected chi connectivity index (χ1v) is 9.58. The van der Waals surface area contributed by atoms with Gasteiger partial charge >= 0.3 is 5.97 Å². The van der Waals surface area contributed by atoms with Crippen LogP contribution in [0.5, 0.6) is 5.75 Å². The van der Waals surface area contributed by atoms with Gasteiger partial charge in [0.1, 0.15) is 5.75 Å². The first-order valence-electron chi connectivity index (χ1n) is 8.64. The molecule has 0 saturated heterocycles. The van der Waals surface area contributed by atoms with Crippen LogP contribution in [0.15, 0.2) is 12.1 Å².